The highest BCUT2D eigenvalue weighted by Crippen LogP contribution is 2.29. The van der Waals surface area contributed by atoms with Gasteiger partial charge in [0.05, 0.1) is 6.04 Å². The van der Waals surface area contributed by atoms with Gasteiger partial charge >= 0.3 is 0 Å². The number of likely N-dealkylation sites (tertiary alicyclic amines) is 1. The SMILES string of the molecule is NC(c1ccc(Cl)cc1CNC(=O)[C@@H]1CCCN1C(=O)[C@@H](O)C1CCCCC1)C(F)F. The third-order valence-electron chi connectivity index (χ3n) is 6.38. The summed E-state index contributed by atoms with van der Waals surface area (Å²) in [5.74, 6) is -0.832. The van der Waals surface area contributed by atoms with Gasteiger partial charge in [-0.3, -0.25) is 9.59 Å². The van der Waals surface area contributed by atoms with Crippen LogP contribution in [0.2, 0.25) is 5.02 Å². The second kappa shape index (κ2) is 10.7. The molecule has 1 saturated carbocycles. The average molecular weight is 458 g/mol. The summed E-state index contributed by atoms with van der Waals surface area (Å²) >= 11 is 6.00. The topological polar surface area (TPSA) is 95.7 Å². The van der Waals surface area contributed by atoms with Crippen molar-refractivity contribution in [2.75, 3.05) is 6.54 Å². The number of nitrogens with two attached hydrogens (primary N) is 1. The molecule has 9 heteroatoms. The molecule has 0 radical (unpaired) electrons. The van der Waals surface area contributed by atoms with Crippen molar-refractivity contribution >= 4 is 23.4 Å². The lowest BCUT2D eigenvalue weighted by Crippen LogP contribution is -2.50. The van der Waals surface area contributed by atoms with E-state index in [-0.39, 0.29) is 23.9 Å². The Kier molecular flexibility index (Phi) is 8.24. The lowest BCUT2D eigenvalue weighted by Gasteiger charge is -2.31. The van der Waals surface area contributed by atoms with Crippen LogP contribution in [0, 0.1) is 5.92 Å². The molecule has 1 aromatic rings. The molecule has 0 aromatic heterocycles. The number of benzene rings is 1. The Balaban J connectivity index is 1.65. The molecule has 0 spiro atoms. The van der Waals surface area contributed by atoms with Gasteiger partial charge in [0.25, 0.3) is 12.3 Å². The van der Waals surface area contributed by atoms with Gasteiger partial charge in [-0.1, -0.05) is 36.9 Å². The minimum absolute atomic E-state index is 0.0289. The summed E-state index contributed by atoms with van der Waals surface area (Å²) in [6.45, 7) is 0.387. The zero-order valence-electron chi connectivity index (χ0n) is 17.4. The van der Waals surface area contributed by atoms with Gasteiger partial charge in [0.15, 0.2) is 0 Å². The average Bonchev–Trinajstić information content (AvgIpc) is 3.26. The van der Waals surface area contributed by atoms with Crippen molar-refractivity contribution in [1.29, 1.82) is 0 Å². The smallest absolute Gasteiger partial charge is 0.257 e. The van der Waals surface area contributed by atoms with Crippen LogP contribution >= 0.6 is 11.6 Å². The fourth-order valence-corrected chi connectivity index (χ4v) is 4.81. The van der Waals surface area contributed by atoms with Gasteiger partial charge in [-0.05, 0) is 54.9 Å². The Morgan fingerprint density at radius 3 is 2.58 bits per heavy atom. The van der Waals surface area contributed by atoms with E-state index in [9.17, 15) is 23.5 Å². The van der Waals surface area contributed by atoms with E-state index in [1.165, 1.54) is 23.1 Å². The number of hydrogen-bond donors (Lipinski definition) is 3. The second-order valence-corrected chi connectivity index (χ2v) is 8.89. The Bertz CT molecular complexity index is 789. The number of carbonyl (C=O) groups is 2. The summed E-state index contributed by atoms with van der Waals surface area (Å²) in [7, 11) is 0. The molecule has 1 aliphatic heterocycles. The van der Waals surface area contributed by atoms with Gasteiger partial charge in [-0.2, -0.15) is 0 Å². The van der Waals surface area contributed by atoms with Gasteiger partial charge in [0, 0.05) is 18.1 Å². The predicted molar refractivity (Wildman–Crippen MR) is 114 cm³/mol. The Hall–Kier alpha value is -1.77. The van der Waals surface area contributed by atoms with Crippen molar-refractivity contribution in [3.8, 4) is 0 Å². The number of rotatable bonds is 7. The first-order valence-corrected chi connectivity index (χ1v) is 11.3. The number of carbonyl (C=O) groups excluding carboxylic acids is 2. The van der Waals surface area contributed by atoms with E-state index >= 15 is 0 Å². The zero-order chi connectivity index (χ0) is 22.5. The largest absolute Gasteiger partial charge is 0.383 e. The first-order chi connectivity index (χ1) is 14.8. The highest BCUT2D eigenvalue weighted by atomic mass is 35.5. The monoisotopic (exact) mass is 457 g/mol. The lowest BCUT2D eigenvalue weighted by atomic mass is 9.84. The van der Waals surface area contributed by atoms with Crippen molar-refractivity contribution in [2.45, 2.75) is 76.1 Å². The lowest BCUT2D eigenvalue weighted by molar-refractivity contribution is -0.148. The minimum atomic E-state index is -2.75. The number of aliphatic hydroxyl groups excluding tert-OH is 1. The van der Waals surface area contributed by atoms with Crippen LogP contribution in [-0.2, 0) is 16.1 Å². The molecule has 1 aliphatic carbocycles. The Morgan fingerprint density at radius 2 is 1.90 bits per heavy atom. The number of halogens is 3. The molecule has 31 heavy (non-hydrogen) atoms. The summed E-state index contributed by atoms with van der Waals surface area (Å²) in [4.78, 5) is 27.2. The molecule has 2 aliphatic rings. The molecule has 172 valence electrons. The van der Waals surface area contributed by atoms with E-state index in [1.807, 2.05) is 0 Å². The number of nitrogens with zero attached hydrogens (tertiary/aromatic N) is 1. The molecule has 6 nitrogen and oxygen atoms in total. The maximum absolute atomic E-state index is 13.1. The van der Waals surface area contributed by atoms with Crippen LogP contribution in [0.15, 0.2) is 18.2 Å². The van der Waals surface area contributed by atoms with E-state index in [1.54, 1.807) is 0 Å². The fraction of sp³-hybridized carbons (Fsp3) is 0.636. The highest BCUT2D eigenvalue weighted by Gasteiger charge is 2.39. The second-order valence-electron chi connectivity index (χ2n) is 8.45. The molecule has 2 fully saturated rings. The quantitative estimate of drug-likeness (QED) is 0.586. The minimum Gasteiger partial charge on any atom is -0.383 e. The number of alkyl halides is 2. The molecular formula is C22H30ClF2N3O3. The van der Waals surface area contributed by atoms with Crippen molar-refractivity contribution in [3.63, 3.8) is 0 Å². The Labute approximate surface area is 186 Å². The summed E-state index contributed by atoms with van der Waals surface area (Å²) in [5, 5.41) is 13.6. The van der Waals surface area contributed by atoms with Gasteiger partial charge in [-0.25, -0.2) is 8.78 Å². The summed E-state index contributed by atoms with van der Waals surface area (Å²) in [5.41, 5.74) is 6.22. The molecule has 1 saturated heterocycles. The van der Waals surface area contributed by atoms with Crippen molar-refractivity contribution in [3.05, 3.63) is 34.3 Å². The van der Waals surface area contributed by atoms with Crippen LogP contribution in [-0.4, -0.2) is 46.9 Å². The normalized spacial score (nSPS) is 21.9. The van der Waals surface area contributed by atoms with Crippen LogP contribution in [0.25, 0.3) is 0 Å². The standard InChI is InChI=1S/C22H30ClF2N3O3/c23-15-8-9-16(18(26)20(24)25)14(11-15)12-27-21(30)17-7-4-10-28(17)22(31)19(29)13-5-2-1-3-6-13/h8-9,11,13,17-20,29H,1-7,10,12,26H2,(H,27,30)/t17-,18?,19-/m0/s1. The number of amides is 2. The van der Waals surface area contributed by atoms with Crippen LogP contribution < -0.4 is 11.1 Å². The van der Waals surface area contributed by atoms with E-state index in [0.29, 0.717) is 30.0 Å². The molecule has 1 aromatic carbocycles. The highest BCUT2D eigenvalue weighted by molar-refractivity contribution is 6.30. The summed E-state index contributed by atoms with van der Waals surface area (Å²) in [6, 6.07) is 2.25. The van der Waals surface area contributed by atoms with Crippen molar-refractivity contribution in [1.82, 2.24) is 10.2 Å². The Morgan fingerprint density at radius 1 is 1.19 bits per heavy atom. The maximum atomic E-state index is 13.1. The molecule has 3 rings (SSSR count). The molecule has 0 bridgehead atoms. The molecule has 1 unspecified atom stereocenters. The van der Waals surface area contributed by atoms with Gasteiger partial charge in [0.1, 0.15) is 12.1 Å². The van der Waals surface area contributed by atoms with Crippen LogP contribution in [0.1, 0.15) is 62.1 Å². The zero-order valence-corrected chi connectivity index (χ0v) is 18.2. The molecule has 3 atom stereocenters. The first-order valence-electron chi connectivity index (χ1n) is 10.9. The third-order valence-corrected chi connectivity index (χ3v) is 6.61. The molecule has 1 heterocycles. The van der Waals surface area contributed by atoms with Gasteiger partial charge in [0.2, 0.25) is 5.91 Å². The molecule has 4 N–H and O–H groups in total. The number of aliphatic hydroxyl groups is 1. The first kappa shape index (κ1) is 23.9. The van der Waals surface area contributed by atoms with Crippen LogP contribution in [0.4, 0.5) is 8.78 Å². The predicted octanol–water partition coefficient (Wildman–Crippen LogP) is 3.15. The maximum Gasteiger partial charge on any atom is 0.257 e. The van der Waals surface area contributed by atoms with E-state index < -0.39 is 30.5 Å². The summed E-state index contributed by atoms with van der Waals surface area (Å²) in [6.07, 6.45) is 2.08. The third kappa shape index (κ3) is 5.73. The van der Waals surface area contributed by atoms with Crippen LogP contribution in [0.5, 0.6) is 0 Å². The fourth-order valence-electron chi connectivity index (χ4n) is 4.61. The number of nitrogens with one attached hydrogen (secondary N) is 1. The van der Waals surface area contributed by atoms with Gasteiger partial charge in [-0.15, -0.1) is 0 Å². The van der Waals surface area contributed by atoms with Crippen molar-refractivity contribution in [2.24, 2.45) is 11.7 Å². The van der Waals surface area contributed by atoms with E-state index in [2.05, 4.69) is 5.32 Å². The number of hydrogen-bond acceptors (Lipinski definition) is 4. The van der Waals surface area contributed by atoms with E-state index in [0.717, 1.165) is 32.1 Å². The van der Waals surface area contributed by atoms with Crippen molar-refractivity contribution < 1.29 is 23.5 Å². The van der Waals surface area contributed by atoms with Crippen LogP contribution in [0.3, 0.4) is 0 Å². The summed E-state index contributed by atoms with van der Waals surface area (Å²) < 4.78 is 26.2. The van der Waals surface area contributed by atoms with Gasteiger partial charge < -0.3 is 21.1 Å². The molecule has 2 amide bonds. The van der Waals surface area contributed by atoms with E-state index in [4.69, 9.17) is 17.3 Å². The molecular weight excluding hydrogens is 428 g/mol.